The van der Waals surface area contributed by atoms with E-state index in [0.717, 1.165) is 24.8 Å². The van der Waals surface area contributed by atoms with Crippen LogP contribution in [0.15, 0.2) is 5.38 Å². The first kappa shape index (κ1) is 14.0. The minimum absolute atomic E-state index is 0.632. The number of aromatic nitrogens is 1. The highest BCUT2D eigenvalue weighted by molar-refractivity contribution is 7.09. The van der Waals surface area contributed by atoms with Crippen LogP contribution in [-0.4, -0.2) is 17.6 Å². The van der Waals surface area contributed by atoms with E-state index in [1.807, 2.05) is 11.3 Å². The van der Waals surface area contributed by atoms with Gasteiger partial charge in [0.25, 0.3) is 0 Å². The molecular weight excluding hydrogens is 240 g/mol. The Kier molecular flexibility index (Phi) is 5.19. The monoisotopic (exact) mass is 266 g/mol. The van der Waals surface area contributed by atoms with Crippen LogP contribution in [0.1, 0.15) is 50.2 Å². The molecule has 1 N–H and O–H groups in total. The minimum atomic E-state index is 0.632. The van der Waals surface area contributed by atoms with Gasteiger partial charge in [0.05, 0.1) is 5.01 Å². The van der Waals surface area contributed by atoms with Crippen molar-refractivity contribution in [1.82, 2.24) is 10.3 Å². The van der Waals surface area contributed by atoms with Gasteiger partial charge in [0.1, 0.15) is 0 Å². The molecule has 18 heavy (non-hydrogen) atoms. The molecule has 3 unspecified atom stereocenters. The van der Waals surface area contributed by atoms with E-state index in [1.54, 1.807) is 0 Å². The number of nitrogens with zero attached hydrogens (tertiary/aromatic N) is 1. The molecule has 0 saturated heterocycles. The lowest BCUT2D eigenvalue weighted by molar-refractivity contribution is 0.295. The molecule has 2 rings (SSSR count). The van der Waals surface area contributed by atoms with Gasteiger partial charge < -0.3 is 5.32 Å². The van der Waals surface area contributed by atoms with E-state index >= 15 is 0 Å². The molecule has 1 fully saturated rings. The van der Waals surface area contributed by atoms with E-state index < -0.39 is 0 Å². The van der Waals surface area contributed by atoms with E-state index in [-0.39, 0.29) is 0 Å². The SMILES string of the molecule is CCCNC(Cc1nc(C)cs1)C1CCCC1C. The van der Waals surface area contributed by atoms with Crippen molar-refractivity contribution < 1.29 is 0 Å². The zero-order chi connectivity index (χ0) is 13.0. The van der Waals surface area contributed by atoms with Crippen molar-refractivity contribution in [2.75, 3.05) is 6.54 Å². The smallest absolute Gasteiger partial charge is 0.0943 e. The van der Waals surface area contributed by atoms with E-state index in [4.69, 9.17) is 0 Å². The van der Waals surface area contributed by atoms with Gasteiger partial charge in [-0.05, 0) is 38.1 Å². The van der Waals surface area contributed by atoms with Crippen molar-refractivity contribution in [3.63, 3.8) is 0 Å². The van der Waals surface area contributed by atoms with Crippen molar-refractivity contribution in [3.8, 4) is 0 Å². The van der Waals surface area contributed by atoms with Crippen molar-refractivity contribution in [2.24, 2.45) is 11.8 Å². The molecule has 0 aromatic carbocycles. The molecule has 1 saturated carbocycles. The molecular formula is C15H26N2S. The largest absolute Gasteiger partial charge is 0.313 e. The van der Waals surface area contributed by atoms with Crippen molar-refractivity contribution in [1.29, 1.82) is 0 Å². The Labute approximate surface area is 115 Å². The first-order valence-electron chi connectivity index (χ1n) is 7.35. The van der Waals surface area contributed by atoms with Crippen LogP contribution in [0.4, 0.5) is 0 Å². The Balaban J connectivity index is 2.00. The predicted molar refractivity (Wildman–Crippen MR) is 79.1 cm³/mol. The molecule has 1 aromatic rings. The Bertz CT molecular complexity index is 361. The summed E-state index contributed by atoms with van der Waals surface area (Å²) in [5.74, 6) is 1.72. The summed E-state index contributed by atoms with van der Waals surface area (Å²) < 4.78 is 0. The molecule has 102 valence electrons. The lowest BCUT2D eigenvalue weighted by Gasteiger charge is -2.27. The average Bonchev–Trinajstić information content (AvgIpc) is 2.93. The molecule has 1 aliphatic rings. The van der Waals surface area contributed by atoms with Crippen molar-refractivity contribution in [2.45, 2.75) is 58.9 Å². The molecule has 3 heteroatoms. The van der Waals surface area contributed by atoms with Crippen LogP contribution in [0.25, 0.3) is 0 Å². The first-order valence-corrected chi connectivity index (χ1v) is 8.23. The Morgan fingerprint density at radius 1 is 1.50 bits per heavy atom. The van der Waals surface area contributed by atoms with Gasteiger partial charge in [-0.2, -0.15) is 0 Å². The van der Waals surface area contributed by atoms with Crippen LogP contribution in [0.2, 0.25) is 0 Å². The molecule has 1 heterocycles. The molecule has 3 atom stereocenters. The maximum absolute atomic E-state index is 4.63. The summed E-state index contributed by atoms with van der Waals surface area (Å²) in [6.07, 6.45) is 6.55. The van der Waals surface area contributed by atoms with Gasteiger partial charge in [0, 0.05) is 23.5 Å². The van der Waals surface area contributed by atoms with E-state index in [2.05, 4.69) is 36.5 Å². The van der Waals surface area contributed by atoms with E-state index in [9.17, 15) is 0 Å². The van der Waals surface area contributed by atoms with Gasteiger partial charge >= 0.3 is 0 Å². The second-order valence-electron chi connectivity index (χ2n) is 5.72. The van der Waals surface area contributed by atoms with Crippen LogP contribution in [-0.2, 0) is 6.42 Å². The Morgan fingerprint density at radius 2 is 2.33 bits per heavy atom. The van der Waals surface area contributed by atoms with Crippen LogP contribution in [0.3, 0.4) is 0 Å². The second-order valence-corrected chi connectivity index (χ2v) is 6.66. The highest BCUT2D eigenvalue weighted by Gasteiger charge is 2.30. The number of hydrogen-bond acceptors (Lipinski definition) is 3. The number of hydrogen-bond donors (Lipinski definition) is 1. The topological polar surface area (TPSA) is 24.9 Å². The predicted octanol–water partition coefficient (Wildman–Crippen LogP) is 3.80. The maximum Gasteiger partial charge on any atom is 0.0943 e. The minimum Gasteiger partial charge on any atom is -0.313 e. The fraction of sp³-hybridized carbons (Fsp3) is 0.800. The summed E-state index contributed by atoms with van der Waals surface area (Å²) >= 11 is 1.82. The summed E-state index contributed by atoms with van der Waals surface area (Å²) in [6, 6.07) is 0.632. The second kappa shape index (κ2) is 6.67. The van der Waals surface area contributed by atoms with Crippen LogP contribution in [0, 0.1) is 18.8 Å². The third-order valence-electron chi connectivity index (χ3n) is 4.16. The lowest BCUT2D eigenvalue weighted by atomic mass is 9.88. The van der Waals surface area contributed by atoms with Gasteiger partial charge in [0.2, 0.25) is 0 Å². The highest BCUT2D eigenvalue weighted by Crippen LogP contribution is 2.35. The average molecular weight is 266 g/mol. The van der Waals surface area contributed by atoms with Crippen LogP contribution >= 0.6 is 11.3 Å². The summed E-state index contributed by atoms with van der Waals surface area (Å²) in [5, 5.41) is 7.24. The van der Waals surface area contributed by atoms with Gasteiger partial charge in [-0.15, -0.1) is 11.3 Å². The van der Waals surface area contributed by atoms with Crippen molar-refractivity contribution in [3.05, 3.63) is 16.1 Å². The Hall–Kier alpha value is -0.410. The number of rotatable bonds is 6. The molecule has 1 aromatic heterocycles. The fourth-order valence-corrected chi connectivity index (χ4v) is 3.99. The first-order chi connectivity index (χ1) is 8.70. The highest BCUT2D eigenvalue weighted by atomic mass is 32.1. The normalized spacial score (nSPS) is 25.5. The molecule has 2 nitrogen and oxygen atoms in total. The molecule has 1 aliphatic carbocycles. The quantitative estimate of drug-likeness (QED) is 0.847. The molecule has 0 aliphatic heterocycles. The van der Waals surface area contributed by atoms with Gasteiger partial charge in [0.15, 0.2) is 0 Å². The van der Waals surface area contributed by atoms with Crippen LogP contribution < -0.4 is 5.32 Å². The molecule has 0 spiro atoms. The molecule has 0 radical (unpaired) electrons. The summed E-state index contributed by atoms with van der Waals surface area (Å²) in [5.41, 5.74) is 1.17. The van der Waals surface area contributed by atoms with Crippen molar-refractivity contribution >= 4 is 11.3 Å². The van der Waals surface area contributed by atoms with Crippen LogP contribution in [0.5, 0.6) is 0 Å². The van der Waals surface area contributed by atoms with Gasteiger partial charge in [-0.25, -0.2) is 4.98 Å². The number of thiazole rings is 1. The third-order valence-corrected chi connectivity index (χ3v) is 5.15. The van der Waals surface area contributed by atoms with E-state index in [0.29, 0.717) is 6.04 Å². The zero-order valence-corrected chi connectivity index (χ0v) is 12.7. The van der Waals surface area contributed by atoms with Gasteiger partial charge in [-0.3, -0.25) is 0 Å². The van der Waals surface area contributed by atoms with Gasteiger partial charge in [-0.1, -0.05) is 26.7 Å². The Morgan fingerprint density at radius 3 is 2.89 bits per heavy atom. The molecule has 0 bridgehead atoms. The van der Waals surface area contributed by atoms with E-state index in [1.165, 1.54) is 36.4 Å². The zero-order valence-electron chi connectivity index (χ0n) is 11.9. The number of nitrogens with one attached hydrogen (secondary N) is 1. The third kappa shape index (κ3) is 3.55. The summed E-state index contributed by atoms with van der Waals surface area (Å²) in [4.78, 5) is 4.63. The standard InChI is InChI=1S/C15H26N2S/c1-4-8-16-14(13-7-5-6-11(13)2)9-15-17-12(3)10-18-15/h10-11,13-14,16H,4-9H2,1-3H3. The molecule has 0 amide bonds. The summed E-state index contributed by atoms with van der Waals surface area (Å²) in [6.45, 7) is 7.89. The number of aryl methyl sites for hydroxylation is 1. The fourth-order valence-electron chi connectivity index (χ4n) is 3.16. The lowest BCUT2D eigenvalue weighted by Crippen LogP contribution is -2.39. The summed E-state index contributed by atoms with van der Waals surface area (Å²) in [7, 11) is 0. The maximum atomic E-state index is 4.63.